The Morgan fingerprint density at radius 1 is 1.20 bits per heavy atom. The van der Waals surface area contributed by atoms with Crippen LogP contribution in [0.5, 0.6) is 0 Å². The van der Waals surface area contributed by atoms with E-state index < -0.39 is 0 Å². The average Bonchev–Trinajstić information content (AvgIpc) is 2.45. The zero-order valence-electron chi connectivity index (χ0n) is 13.5. The molecule has 2 heteroatoms. The summed E-state index contributed by atoms with van der Waals surface area (Å²) in [5.74, 6) is 0.635. The molecule has 0 heterocycles. The lowest BCUT2D eigenvalue weighted by atomic mass is 9.89. The molecule has 1 aromatic carbocycles. The molecule has 0 saturated heterocycles. The van der Waals surface area contributed by atoms with Gasteiger partial charge in [-0.05, 0) is 43.0 Å². The zero-order valence-corrected chi connectivity index (χ0v) is 13.5. The Balaban J connectivity index is 2.78. The predicted octanol–water partition coefficient (Wildman–Crippen LogP) is 5.39. The number of hydrogen-bond acceptors (Lipinski definition) is 1. The molecule has 1 aromatic rings. The van der Waals surface area contributed by atoms with Crippen molar-refractivity contribution >= 4 is 0 Å². The van der Waals surface area contributed by atoms with Crippen molar-refractivity contribution in [1.29, 1.82) is 0 Å². The van der Waals surface area contributed by atoms with Crippen LogP contribution in [0.2, 0.25) is 0 Å². The van der Waals surface area contributed by atoms with Crippen LogP contribution in [-0.2, 0) is 0 Å². The van der Waals surface area contributed by atoms with Crippen molar-refractivity contribution in [1.82, 2.24) is 5.32 Å². The monoisotopic (exact) mass is 279 g/mol. The van der Waals surface area contributed by atoms with Crippen LogP contribution in [0.15, 0.2) is 18.2 Å². The lowest BCUT2D eigenvalue weighted by Crippen LogP contribution is -2.23. The number of aryl methyl sites for hydroxylation is 1. The number of hydrogen-bond donors (Lipinski definition) is 1. The summed E-state index contributed by atoms with van der Waals surface area (Å²) in [6.07, 6.45) is 6.13. The van der Waals surface area contributed by atoms with E-state index in [0.29, 0.717) is 0 Å². The second kappa shape index (κ2) is 9.12. The third-order valence-electron chi connectivity index (χ3n) is 4.16. The van der Waals surface area contributed by atoms with Gasteiger partial charge in [-0.1, -0.05) is 58.6 Å². The maximum atomic E-state index is 13.8. The van der Waals surface area contributed by atoms with Gasteiger partial charge < -0.3 is 5.32 Å². The molecule has 0 bridgehead atoms. The lowest BCUT2D eigenvalue weighted by molar-refractivity contribution is 0.356. The van der Waals surface area contributed by atoms with Crippen molar-refractivity contribution in [3.8, 4) is 0 Å². The molecular formula is C18H30FN. The summed E-state index contributed by atoms with van der Waals surface area (Å²) < 4.78 is 13.8. The van der Waals surface area contributed by atoms with Gasteiger partial charge in [-0.3, -0.25) is 0 Å². The maximum absolute atomic E-state index is 13.8. The lowest BCUT2D eigenvalue weighted by Gasteiger charge is -2.24. The molecule has 114 valence electrons. The first-order valence-corrected chi connectivity index (χ1v) is 8.11. The van der Waals surface area contributed by atoms with Gasteiger partial charge in [0.1, 0.15) is 5.82 Å². The van der Waals surface area contributed by atoms with Crippen molar-refractivity contribution in [2.75, 3.05) is 6.54 Å². The molecule has 2 unspecified atom stereocenters. The summed E-state index contributed by atoms with van der Waals surface area (Å²) in [5, 5.41) is 3.52. The quantitative estimate of drug-likeness (QED) is 0.639. The number of unbranched alkanes of at least 4 members (excludes halogenated alkanes) is 1. The van der Waals surface area contributed by atoms with Gasteiger partial charge in [0.2, 0.25) is 0 Å². The highest BCUT2D eigenvalue weighted by atomic mass is 19.1. The normalized spacial score (nSPS) is 14.2. The first kappa shape index (κ1) is 17.2. The van der Waals surface area contributed by atoms with Crippen molar-refractivity contribution in [3.63, 3.8) is 0 Å². The minimum absolute atomic E-state index is 0.0907. The molecule has 0 spiro atoms. The highest BCUT2D eigenvalue weighted by molar-refractivity contribution is 5.25. The van der Waals surface area contributed by atoms with E-state index in [1.165, 1.54) is 25.7 Å². The van der Waals surface area contributed by atoms with Crippen LogP contribution < -0.4 is 5.32 Å². The molecule has 0 fully saturated rings. The molecule has 0 amide bonds. The third-order valence-corrected chi connectivity index (χ3v) is 4.16. The molecule has 0 aliphatic rings. The minimum atomic E-state index is -0.0907. The van der Waals surface area contributed by atoms with E-state index in [1.807, 2.05) is 13.0 Å². The Morgan fingerprint density at radius 3 is 2.50 bits per heavy atom. The van der Waals surface area contributed by atoms with Crippen molar-refractivity contribution < 1.29 is 4.39 Å². The minimum Gasteiger partial charge on any atom is -0.310 e. The van der Waals surface area contributed by atoms with Gasteiger partial charge in [-0.2, -0.15) is 0 Å². The fraction of sp³-hybridized carbons (Fsp3) is 0.667. The molecule has 2 atom stereocenters. The van der Waals surface area contributed by atoms with Gasteiger partial charge in [-0.15, -0.1) is 0 Å². The number of benzene rings is 1. The Morgan fingerprint density at radius 2 is 1.95 bits per heavy atom. The van der Waals surface area contributed by atoms with E-state index in [-0.39, 0.29) is 11.9 Å². The van der Waals surface area contributed by atoms with Crippen LogP contribution in [0.1, 0.15) is 70.0 Å². The Bertz CT molecular complexity index is 389. The van der Waals surface area contributed by atoms with Gasteiger partial charge in [0.05, 0.1) is 0 Å². The van der Waals surface area contributed by atoms with Crippen LogP contribution in [0, 0.1) is 18.7 Å². The van der Waals surface area contributed by atoms with Gasteiger partial charge in [-0.25, -0.2) is 4.39 Å². The second-order valence-electron chi connectivity index (χ2n) is 5.77. The summed E-state index contributed by atoms with van der Waals surface area (Å²) in [5.41, 5.74) is 1.81. The first-order chi connectivity index (χ1) is 9.62. The molecule has 0 radical (unpaired) electrons. The first-order valence-electron chi connectivity index (χ1n) is 8.11. The molecular weight excluding hydrogens is 249 g/mol. The summed E-state index contributed by atoms with van der Waals surface area (Å²) in [4.78, 5) is 0. The van der Waals surface area contributed by atoms with Gasteiger partial charge >= 0.3 is 0 Å². The second-order valence-corrected chi connectivity index (χ2v) is 5.77. The average molecular weight is 279 g/mol. The SMILES string of the molecule is CCCCC(CC)CC(NCC)c1ccc(C)c(F)c1. The van der Waals surface area contributed by atoms with Crippen molar-refractivity contribution in [2.45, 2.75) is 65.8 Å². The van der Waals surface area contributed by atoms with Crippen LogP contribution in [-0.4, -0.2) is 6.54 Å². The Hall–Kier alpha value is -0.890. The summed E-state index contributed by atoms with van der Waals surface area (Å²) >= 11 is 0. The Kier molecular flexibility index (Phi) is 7.83. The van der Waals surface area contributed by atoms with Crippen LogP contribution in [0.4, 0.5) is 4.39 Å². The molecule has 20 heavy (non-hydrogen) atoms. The highest BCUT2D eigenvalue weighted by Crippen LogP contribution is 2.27. The van der Waals surface area contributed by atoms with Crippen LogP contribution in [0.3, 0.4) is 0 Å². The molecule has 1 N–H and O–H groups in total. The summed E-state index contributed by atoms with van der Waals surface area (Å²) in [6.45, 7) is 9.36. The van der Waals surface area contributed by atoms with E-state index in [0.717, 1.165) is 30.0 Å². The van der Waals surface area contributed by atoms with Crippen LogP contribution >= 0.6 is 0 Å². The van der Waals surface area contributed by atoms with Gasteiger partial charge in [0, 0.05) is 6.04 Å². The molecule has 0 aliphatic heterocycles. The smallest absolute Gasteiger partial charge is 0.126 e. The molecule has 1 rings (SSSR count). The van der Waals surface area contributed by atoms with Gasteiger partial charge in [0.25, 0.3) is 0 Å². The maximum Gasteiger partial charge on any atom is 0.126 e. The zero-order chi connectivity index (χ0) is 15.0. The van der Waals surface area contributed by atoms with E-state index in [4.69, 9.17) is 0 Å². The number of nitrogens with one attached hydrogen (secondary N) is 1. The van der Waals surface area contributed by atoms with Gasteiger partial charge in [0.15, 0.2) is 0 Å². The van der Waals surface area contributed by atoms with E-state index >= 15 is 0 Å². The van der Waals surface area contributed by atoms with Crippen LogP contribution in [0.25, 0.3) is 0 Å². The number of rotatable bonds is 9. The van der Waals surface area contributed by atoms with Crippen molar-refractivity contribution in [2.24, 2.45) is 5.92 Å². The van der Waals surface area contributed by atoms with E-state index in [1.54, 1.807) is 6.07 Å². The largest absolute Gasteiger partial charge is 0.310 e. The molecule has 0 aromatic heterocycles. The topological polar surface area (TPSA) is 12.0 Å². The highest BCUT2D eigenvalue weighted by Gasteiger charge is 2.17. The summed E-state index contributed by atoms with van der Waals surface area (Å²) in [7, 11) is 0. The van der Waals surface area contributed by atoms with E-state index in [9.17, 15) is 4.39 Å². The summed E-state index contributed by atoms with van der Waals surface area (Å²) in [6, 6.07) is 5.94. The van der Waals surface area contributed by atoms with E-state index in [2.05, 4.69) is 32.2 Å². The third kappa shape index (κ3) is 5.24. The standard InChI is InChI=1S/C18H30FN/c1-5-8-9-15(6-2)12-18(20-7-3)16-11-10-14(4)17(19)13-16/h10-11,13,15,18,20H,5-9,12H2,1-4H3. The van der Waals surface area contributed by atoms with Crippen molar-refractivity contribution in [3.05, 3.63) is 35.1 Å². The molecule has 1 nitrogen and oxygen atoms in total. The number of halogens is 1. The Labute approximate surface area is 124 Å². The molecule has 0 aliphatic carbocycles. The predicted molar refractivity (Wildman–Crippen MR) is 85.5 cm³/mol. The molecule has 0 saturated carbocycles. The fourth-order valence-electron chi connectivity index (χ4n) is 2.72. The fourth-order valence-corrected chi connectivity index (χ4v) is 2.72.